The molecule has 0 heterocycles. The van der Waals surface area contributed by atoms with E-state index in [2.05, 4.69) is 4.72 Å². The number of halogens is 1. The second-order valence-electron chi connectivity index (χ2n) is 3.45. The molecule has 0 bridgehead atoms. The van der Waals surface area contributed by atoms with Gasteiger partial charge in [0.15, 0.2) is 0 Å². The van der Waals surface area contributed by atoms with Gasteiger partial charge in [0, 0.05) is 5.88 Å². The summed E-state index contributed by atoms with van der Waals surface area (Å²) in [5.74, 6) is -0.558. The molecule has 0 saturated heterocycles. The van der Waals surface area contributed by atoms with Gasteiger partial charge in [0.25, 0.3) is 0 Å². The lowest BCUT2D eigenvalue weighted by Gasteiger charge is -2.21. The molecule has 84 valence electrons. The lowest BCUT2D eigenvalue weighted by molar-refractivity contribution is -0.122. The van der Waals surface area contributed by atoms with E-state index in [-0.39, 0.29) is 11.6 Å². The first-order valence-electron chi connectivity index (χ1n) is 4.09. The van der Waals surface area contributed by atoms with Crippen LogP contribution < -0.4 is 10.5 Å². The van der Waals surface area contributed by atoms with E-state index >= 15 is 0 Å². The van der Waals surface area contributed by atoms with Gasteiger partial charge in [0.1, 0.15) is 5.54 Å². The number of hydrogen-bond acceptors (Lipinski definition) is 3. The van der Waals surface area contributed by atoms with Crippen LogP contribution in [0.15, 0.2) is 0 Å². The van der Waals surface area contributed by atoms with E-state index in [0.29, 0.717) is 6.42 Å². The van der Waals surface area contributed by atoms with Crippen LogP contribution in [0.2, 0.25) is 0 Å². The average molecular weight is 243 g/mol. The Morgan fingerprint density at radius 2 is 2.00 bits per heavy atom. The second-order valence-corrected chi connectivity index (χ2v) is 5.67. The van der Waals surface area contributed by atoms with Crippen LogP contribution in [0.3, 0.4) is 0 Å². The van der Waals surface area contributed by atoms with Crippen LogP contribution >= 0.6 is 11.6 Å². The Bertz CT molecular complexity index is 300. The van der Waals surface area contributed by atoms with Crippen molar-refractivity contribution in [3.63, 3.8) is 0 Å². The predicted molar refractivity (Wildman–Crippen MR) is 55.5 cm³/mol. The molecule has 0 fully saturated rings. The lowest BCUT2D eigenvalue weighted by Crippen LogP contribution is -2.53. The lowest BCUT2D eigenvalue weighted by atomic mass is 10.1. The van der Waals surface area contributed by atoms with Crippen molar-refractivity contribution in [1.29, 1.82) is 0 Å². The molecule has 0 saturated carbocycles. The number of sulfonamides is 1. The molecule has 0 aliphatic carbocycles. The maximum Gasteiger partial charge on any atom is 0.238 e. The number of primary amides is 1. The molecule has 0 aliphatic rings. The van der Waals surface area contributed by atoms with Gasteiger partial charge in [-0.3, -0.25) is 4.79 Å². The van der Waals surface area contributed by atoms with Crippen molar-refractivity contribution in [2.24, 2.45) is 5.73 Å². The molecule has 0 radical (unpaired) electrons. The van der Waals surface area contributed by atoms with Crippen LogP contribution in [0.4, 0.5) is 0 Å². The predicted octanol–water partition coefficient (Wildman–Crippen LogP) is -0.201. The molecule has 0 aromatic carbocycles. The summed E-state index contributed by atoms with van der Waals surface area (Å²) in [6.07, 6.45) is 0.339. The van der Waals surface area contributed by atoms with E-state index in [4.69, 9.17) is 17.3 Å². The second kappa shape index (κ2) is 4.95. The number of nitrogens with two attached hydrogens (primary N) is 1. The van der Waals surface area contributed by atoms with E-state index in [0.717, 1.165) is 0 Å². The zero-order valence-electron chi connectivity index (χ0n) is 8.21. The Labute approximate surface area is 89.0 Å². The molecule has 0 aromatic rings. The van der Waals surface area contributed by atoms with Gasteiger partial charge in [0.05, 0.1) is 5.75 Å². The van der Waals surface area contributed by atoms with Crippen LogP contribution in [-0.2, 0) is 14.8 Å². The molecule has 3 N–H and O–H groups in total. The summed E-state index contributed by atoms with van der Waals surface area (Å²) >= 11 is 5.36. The largest absolute Gasteiger partial charge is 0.368 e. The van der Waals surface area contributed by atoms with E-state index in [9.17, 15) is 13.2 Å². The van der Waals surface area contributed by atoms with Crippen LogP contribution in [-0.4, -0.2) is 31.5 Å². The standard InChI is InChI=1S/C7H15ClN2O3S/c1-7(2,6(9)11)10-14(12,13)5-3-4-8/h10H,3-5H2,1-2H3,(H2,9,11). The highest BCUT2D eigenvalue weighted by molar-refractivity contribution is 7.89. The van der Waals surface area contributed by atoms with Crippen molar-refractivity contribution in [3.05, 3.63) is 0 Å². The average Bonchev–Trinajstić information content (AvgIpc) is 1.99. The van der Waals surface area contributed by atoms with Gasteiger partial charge < -0.3 is 5.73 Å². The Hall–Kier alpha value is -0.330. The molecule has 5 nitrogen and oxygen atoms in total. The zero-order chi connectivity index (χ0) is 11.4. The Balaban J connectivity index is 4.43. The van der Waals surface area contributed by atoms with E-state index in [1.54, 1.807) is 0 Å². The summed E-state index contributed by atoms with van der Waals surface area (Å²) in [6, 6.07) is 0. The van der Waals surface area contributed by atoms with Crippen molar-refractivity contribution < 1.29 is 13.2 Å². The molecular weight excluding hydrogens is 228 g/mol. The van der Waals surface area contributed by atoms with E-state index in [1.165, 1.54) is 13.8 Å². The summed E-state index contributed by atoms with van der Waals surface area (Å²) in [5.41, 5.74) is 3.76. The molecule has 14 heavy (non-hydrogen) atoms. The van der Waals surface area contributed by atoms with Crippen molar-refractivity contribution >= 4 is 27.5 Å². The van der Waals surface area contributed by atoms with Crippen molar-refractivity contribution in [1.82, 2.24) is 4.72 Å². The minimum Gasteiger partial charge on any atom is -0.368 e. The van der Waals surface area contributed by atoms with Gasteiger partial charge >= 0.3 is 0 Å². The summed E-state index contributed by atoms with van der Waals surface area (Å²) in [7, 11) is -3.48. The smallest absolute Gasteiger partial charge is 0.238 e. The molecule has 1 amide bonds. The number of carbonyl (C=O) groups excluding carboxylic acids is 1. The highest BCUT2D eigenvalue weighted by Gasteiger charge is 2.29. The highest BCUT2D eigenvalue weighted by Crippen LogP contribution is 2.04. The Morgan fingerprint density at radius 1 is 1.50 bits per heavy atom. The fourth-order valence-corrected chi connectivity index (χ4v) is 2.53. The number of rotatable bonds is 6. The summed E-state index contributed by atoms with van der Waals surface area (Å²) < 4.78 is 24.9. The fourth-order valence-electron chi connectivity index (χ4n) is 0.735. The first-order valence-corrected chi connectivity index (χ1v) is 6.27. The maximum absolute atomic E-state index is 11.3. The third-order valence-corrected chi connectivity index (χ3v) is 3.49. The first-order chi connectivity index (χ1) is 6.21. The molecule has 0 unspecified atom stereocenters. The zero-order valence-corrected chi connectivity index (χ0v) is 9.78. The number of alkyl halides is 1. The normalized spacial score (nSPS) is 12.8. The summed E-state index contributed by atoms with van der Waals surface area (Å²) in [4.78, 5) is 10.8. The SMILES string of the molecule is CC(C)(NS(=O)(=O)CCCCl)C(N)=O. The molecule has 0 aliphatic heterocycles. The first kappa shape index (κ1) is 13.7. The fraction of sp³-hybridized carbons (Fsp3) is 0.857. The molecule has 0 rings (SSSR count). The third kappa shape index (κ3) is 4.78. The topological polar surface area (TPSA) is 89.3 Å². The Kier molecular flexibility index (Phi) is 4.83. The molecular formula is C7H15ClN2O3S. The minimum atomic E-state index is -3.48. The number of amides is 1. The summed E-state index contributed by atoms with van der Waals surface area (Å²) in [6.45, 7) is 2.82. The van der Waals surface area contributed by atoms with Gasteiger partial charge in [-0.15, -0.1) is 11.6 Å². The van der Waals surface area contributed by atoms with Crippen LogP contribution in [0, 0.1) is 0 Å². The van der Waals surface area contributed by atoms with Gasteiger partial charge in [-0.25, -0.2) is 13.1 Å². The van der Waals surface area contributed by atoms with Crippen molar-refractivity contribution in [3.8, 4) is 0 Å². The minimum absolute atomic E-state index is 0.104. The number of nitrogens with one attached hydrogen (secondary N) is 1. The molecule has 0 aromatic heterocycles. The van der Waals surface area contributed by atoms with Crippen LogP contribution in [0.1, 0.15) is 20.3 Å². The van der Waals surface area contributed by atoms with Crippen LogP contribution in [0.25, 0.3) is 0 Å². The van der Waals surface area contributed by atoms with Crippen LogP contribution in [0.5, 0.6) is 0 Å². The molecule has 7 heteroatoms. The molecule has 0 atom stereocenters. The Morgan fingerprint density at radius 3 is 2.36 bits per heavy atom. The van der Waals surface area contributed by atoms with Gasteiger partial charge in [-0.2, -0.15) is 0 Å². The van der Waals surface area contributed by atoms with E-state index < -0.39 is 21.5 Å². The van der Waals surface area contributed by atoms with Gasteiger partial charge in [-0.1, -0.05) is 0 Å². The van der Waals surface area contributed by atoms with Crippen molar-refractivity contribution in [2.75, 3.05) is 11.6 Å². The van der Waals surface area contributed by atoms with Gasteiger partial charge in [-0.05, 0) is 20.3 Å². The van der Waals surface area contributed by atoms with Crippen molar-refractivity contribution in [2.45, 2.75) is 25.8 Å². The van der Waals surface area contributed by atoms with E-state index in [1.807, 2.05) is 0 Å². The third-order valence-electron chi connectivity index (χ3n) is 1.57. The summed E-state index contributed by atoms with van der Waals surface area (Å²) in [5, 5.41) is 0. The maximum atomic E-state index is 11.3. The van der Waals surface area contributed by atoms with Gasteiger partial charge in [0.2, 0.25) is 15.9 Å². The number of hydrogen-bond donors (Lipinski definition) is 2. The molecule has 0 spiro atoms. The highest BCUT2D eigenvalue weighted by atomic mass is 35.5. The number of carbonyl (C=O) groups is 1. The quantitative estimate of drug-likeness (QED) is 0.632. The monoisotopic (exact) mass is 242 g/mol.